The van der Waals surface area contributed by atoms with Crippen LogP contribution in [0, 0.1) is 0 Å². The molecule has 12 nitrogen and oxygen atoms in total. The third kappa shape index (κ3) is 13.1. The summed E-state index contributed by atoms with van der Waals surface area (Å²) in [5.74, 6) is -0.724. The first-order chi connectivity index (χ1) is 25.8. The molecule has 5 aromatic rings. The first kappa shape index (κ1) is 46.2. The lowest BCUT2D eigenvalue weighted by molar-refractivity contribution is -0.142. The Bertz CT molecular complexity index is 2210. The van der Waals surface area contributed by atoms with Gasteiger partial charge in [0, 0.05) is 65.8 Å². The summed E-state index contributed by atoms with van der Waals surface area (Å²) in [6.45, 7) is 15.4. The van der Waals surface area contributed by atoms with Crippen molar-refractivity contribution in [3.05, 3.63) is 86.0 Å². The van der Waals surface area contributed by atoms with Gasteiger partial charge in [0.25, 0.3) is 0 Å². The van der Waals surface area contributed by atoms with Crippen molar-refractivity contribution in [1.82, 2.24) is 4.98 Å². The quantitative estimate of drug-likeness (QED) is 0.0384. The van der Waals surface area contributed by atoms with Crippen molar-refractivity contribution in [2.24, 2.45) is 5.73 Å². The Balaban J connectivity index is 0.000000325. The zero-order chi connectivity index (χ0) is 39.9. The molecule has 0 saturated carbocycles. The smallest absolute Gasteiger partial charge is 0.346 e. The molecule has 296 valence electrons. The van der Waals surface area contributed by atoms with E-state index in [1.165, 1.54) is 18.3 Å². The summed E-state index contributed by atoms with van der Waals surface area (Å²) in [6, 6.07) is 15.1. The van der Waals surface area contributed by atoms with E-state index in [2.05, 4.69) is 42.5 Å². The maximum absolute atomic E-state index is 12.5. The number of anilines is 2. The summed E-state index contributed by atoms with van der Waals surface area (Å²) in [4.78, 5) is 65.0. The van der Waals surface area contributed by atoms with Gasteiger partial charge in [0.15, 0.2) is 5.78 Å². The predicted molar refractivity (Wildman–Crippen MR) is 227 cm³/mol. The van der Waals surface area contributed by atoms with Crippen LogP contribution in [0.5, 0.6) is 0 Å². The molecule has 0 amide bonds. The molecule has 0 atom stereocenters. The van der Waals surface area contributed by atoms with Gasteiger partial charge in [-0.3, -0.25) is 14.4 Å². The molecule has 0 aliphatic rings. The fourth-order valence-corrected chi connectivity index (χ4v) is 6.35. The second kappa shape index (κ2) is 22.5. The van der Waals surface area contributed by atoms with E-state index in [0.717, 1.165) is 48.3 Å². The Morgan fingerprint density at radius 2 is 1.38 bits per heavy atom. The first-order valence-electron chi connectivity index (χ1n) is 17.4. The van der Waals surface area contributed by atoms with E-state index in [1.54, 1.807) is 24.4 Å². The molecule has 0 aliphatic heterocycles. The van der Waals surface area contributed by atoms with E-state index in [9.17, 15) is 24.0 Å². The van der Waals surface area contributed by atoms with Crippen molar-refractivity contribution >= 4 is 91.0 Å². The number of esters is 1. The highest BCUT2D eigenvalue weighted by atomic mass is 35.5. The van der Waals surface area contributed by atoms with Crippen LogP contribution in [-0.4, -0.2) is 66.2 Å². The minimum Gasteiger partial charge on any atom is -0.466 e. The number of fused-ring (bicyclic) bond motifs is 2. The number of hydrogen-bond donors (Lipinski definition) is 1. The molecule has 0 bridgehead atoms. The van der Waals surface area contributed by atoms with Gasteiger partial charge in [0.2, 0.25) is 0 Å². The van der Waals surface area contributed by atoms with Crippen molar-refractivity contribution < 1.29 is 28.0 Å². The van der Waals surface area contributed by atoms with Crippen LogP contribution in [0.3, 0.4) is 0 Å². The molecule has 3 heterocycles. The summed E-state index contributed by atoms with van der Waals surface area (Å²) in [6.07, 6.45) is 0.0694. The molecule has 2 aromatic carbocycles. The lowest BCUT2D eigenvalue weighted by Crippen LogP contribution is -2.22. The maximum atomic E-state index is 12.5. The van der Waals surface area contributed by atoms with Crippen LogP contribution in [0.15, 0.2) is 72.3 Å². The van der Waals surface area contributed by atoms with Gasteiger partial charge in [0.05, 0.1) is 42.1 Å². The number of ketones is 2. The molecule has 0 spiro atoms. The molecule has 5 rings (SSSR count). The minimum absolute atomic E-state index is 0. The number of rotatable bonds is 14. The number of Topliss-reactive ketones (excluding diaryl/α,β-unsaturated/α-hetero) is 2. The van der Waals surface area contributed by atoms with Gasteiger partial charge >= 0.3 is 17.2 Å². The number of thiocarbonyl (C=S) groups is 1. The van der Waals surface area contributed by atoms with Gasteiger partial charge in [-0.2, -0.15) is 0 Å². The number of nitrogens with zero attached hydrogens (tertiary/aromatic N) is 3. The molecule has 0 fully saturated rings. The summed E-state index contributed by atoms with van der Waals surface area (Å²) in [7, 11) is 0. The van der Waals surface area contributed by atoms with Crippen LogP contribution < -0.4 is 26.8 Å². The number of thiazole rings is 1. The maximum Gasteiger partial charge on any atom is 0.346 e. The van der Waals surface area contributed by atoms with Gasteiger partial charge in [-0.15, -0.1) is 22.9 Å². The van der Waals surface area contributed by atoms with Crippen LogP contribution in [0.4, 0.5) is 11.4 Å². The average Bonchev–Trinajstić information content (AvgIpc) is 3.60. The largest absolute Gasteiger partial charge is 0.466 e. The molecule has 55 heavy (non-hydrogen) atoms. The Kier molecular flexibility index (Phi) is 18.9. The Hall–Kier alpha value is -4.92. The van der Waals surface area contributed by atoms with Crippen molar-refractivity contribution in [3.8, 4) is 10.6 Å². The number of benzene rings is 2. The third-order valence-corrected chi connectivity index (χ3v) is 9.41. The lowest BCUT2D eigenvalue weighted by Gasteiger charge is -2.20. The number of carbonyl (C=O) groups excluding carboxylic acids is 3. The number of ether oxygens (including phenoxy) is 1. The van der Waals surface area contributed by atoms with Crippen molar-refractivity contribution in [2.45, 2.75) is 61.8 Å². The van der Waals surface area contributed by atoms with E-state index in [4.69, 9.17) is 43.1 Å². The number of halogens is 1. The van der Waals surface area contributed by atoms with E-state index < -0.39 is 11.3 Å². The second-order valence-corrected chi connectivity index (χ2v) is 13.3. The molecule has 0 aliphatic carbocycles. The highest BCUT2D eigenvalue weighted by molar-refractivity contribution is 7.80. The van der Waals surface area contributed by atoms with E-state index >= 15 is 0 Å². The average molecular weight is 813 g/mol. The molecular weight excluding hydrogens is 764 g/mol. The van der Waals surface area contributed by atoms with Crippen LogP contribution in [0.25, 0.3) is 32.5 Å². The van der Waals surface area contributed by atoms with Crippen LogP contribution >= 0.6 is 35.2 Å². The van der Waals surface area contributed by atoms with Gasteiger partial charge in [-0.1, -0.05) is 19.6 Å². The SMILES string of the molecule is C.CC(=O)CC(=O)CCl.CCN(CC)c1ccc2cc(C(N)=S)c(=O)oc2c1.CCOC(=O)Cc1csc(-c2cc3ccc(N(CC)CC)cc3oc2=O)n1. The molecule has 2 N–H and O–H groups in total. The molecule has 0 unspecified atom stereocenters. The Morgan fingerprint density at radius 1 is 0.855 bits per heavy atom. The predicted octanol–water partition coefficient (Wildman–Crippen LogP) is 7.55. The summed E-state index contributed by atoms with van der Waals surface area (Å²) < 4.78 is 15.8. The second-order valence-electron chi connectivity index (χ2n) is 11.7. The van der Waals surface area contributed by atoms with Crippen LogP contribution in [-0.2, 0) is 25.5 Å². The Morgan fingerprint density at radius 3 is 1.84 bits per heavy atom. The first-order valence-corrected chi connectivity index (χ1v) is 19.2. The summed E-state index contributed by atoms with van der Waals surface area (Å²) in [5, 5.41) is 3.96. The third-order valence-electron chi connectivity index (χ3n) is 7.97. The standard InChI is InChI=1S/C20H22N2O4S.C14H16N2O2S.C5H7ClO2.CH4/c1-4-22(5-2)15-8-7-13-9-16(20(24)26-17(13)11-15)19-21-14(12-27-19)10-18(23)25-6-3;1-3-16(4-2)10-6-5-9-7-11(13(15)19)14(17)18-12(9)8-10;1-4(7)2-5(8)3-6;/h7-9,11-12H,4-6,10H2,1-3H3;5-8H,3-4H2,1-2H3,(H2,15,19);2-3H2,1H3;1H4. The molecule has 0 saturated heterocycles. The van der Waals surface area contributed by atoms with Gasteiger partial charge in [0.1, 0.15) is 26.9 Å². The fourth-order valence-electron chi connectivity index (χ4n) is 5.29. The lowest BCUT2D eigenvalue weighted by atomic mass is 10.1. The van der Waals surface area contributed by atoms with E-state index in [1.807, 2.05) is 36.4 Å². The molecule has 15 heteroatoms. The normalized spacial score (nSPS) is 10.3. The van der Waals surface area contributed by atoms with Crippen molar-refractivity contribution in [1.29, 1.82) is 0 Å². The monoisotopic (exact) mass is 812 g/mol. The zero-order valence-electron chi connectivity index (χ0n) is 31.2. The molecule has 3 aromatic heterocycles. The van der Waals surface area contributed by atoms with E-state index in [-0.39, 0.29) is 54.2 Å². The zero-order valence-corrected chi connectivity index (χ0v) is 33.6. The van der Waals surface area contributed by atoms with Gasteiger partial charge < -0.3 is 29.1 Å². The van der Waals surface area contributed by atoms with Crippen molar-refractivity contribution in [2.75, 3.05) is 48.5 Å². The van der Waals surface area contributed by atoms with Crippen LogP contribution in [0.1, 0.15) is 66.6 Å². The summed E-state index contributed by atoms with van der Waals surface area (Å²) in [5.41, 5.74) is 8.96. The van der Waals surface area contributed by atoms with Gasteiger partial charge in [-0.05, 0) is 77.9 Å². The number of aromatic nitrogens is 1. The fraction of sp³-hybridized carbons (Fsp3) is 0.375. The van der Waals surface area contributed by atoms with E-state index in [0.29, 0.717) is 34.0 Å². The topological polar surface area (TPSA) is 166 Å². The number of hydrogen-bond acceptors (Lipinski definition) is 13. The minimum atomic E-state index is -0.489. The summed E-state index contributed by atoms with van der Waals surface area (Å²) >= 11 is 11.2. The highest BCUT2D eigenvalue weighted by Gasteiger charge is 2.15. The molecule has 0 radical (unpaired) electrons. The highest BCUT2D eigenvalue weighted by Crippen LogP contribution is 2.27. The number of alkyl halides is 1. The van der Waals surface area contributed by atoms with Crippen LogP contribution in [0.2, 0.25) is 0 Å². The van der Waals surface area contributed by atoms with Gasteiger partial charge in [-0.25, -0.2) is 14.6 Å². The Labute approximate surface area is 335 Å². The number of carbonyl (C=O) groups is 3. The van der Waals surface area contributed by atoms with Crippen molar-refractivity contribution in [3.63, 3.8) is 0 Å². The molecular formula is C40H49ClN4O8S2. The number of nitrogens with two attached hydrogens (primary N) is 1.